The van der Waals surface area contributed by atoms with Crippen molar-refractivity contribution in [1.29, 1.82) is 0 Å². The van der Waals surface area contributed by atoms with E-state index >= 15 is 0 Å². The van der Waals surface area contributed by atoms with Gasteiger partial charge in [-0.3, -0.25) is 0 Å². The van der Waals surface area contributed by atoms with E-state index in [0.717, 1.165) is 12.2 Å². The highest BCUT2D eigenvalue weighted by Gasteiger charge is 2.31. The van der Waals surface area contributed by atoms with Gasteiger partial charge in [0.05, 0.1) is 0 Å². The van der Waals surface area contributed by atoms with E-state index in [2.05, 4.69) is 36.8 Å². The van der Waals surface area contributed by atoms with Gasteiger partial charge >= 0.3 is 0 Å². The summed E-state index contributed by atoms with van der Waals surface area (Å²) >= 11 is 0. The van der Waals surface area contributed by atoms with Gasteiger partial charge in [-0.1, -0.05) is 32.3 Å². The fourth-order valence-electron chi connectivity index (χ4n) is 3.44. The second-order valence-corrected chi connectivity index (χ2v) is 5.87. The number of rotatable bonds is 2. The van der Waals surface area contributed by atoms with Crippen molar-refractivity contribution < 1.29 is 9.31 Å². The zero-order valence-corrected chi connectivity index (χ0v) is 12.1. The molecule has 3 rings (SSSR count). The van der Waals surface area contributed by atoms with E-state index in [0.29, 0.717) is 12.6 Å². The van der Waals surface area contributed by atoms with Gasteiger partial charge in [-0.15, -0.1) is 0 Å². The molecule has 0 radical (unpaired) electrons. The summed E-state index contributed by atoms with van der Waals surface area (Å²) in [5.74, 6) is 1.87. The van der Waals surface area contributed by atoms with E-state index in [-0.39, 0.29) is 0 Å². The van der Waals surface area contributed by atoms with Crippen LogP contribution in [0.25, 0.3) is 0 Å². The van der Waals surface area contributed by atoms with Gasteiger partial charge in [0.25, 0.3) is 12.4 Å². The standard InChI is InChI=1S/C17H24NO/c1-3-9-18-12-19-17-15(10-13(2)11-16(17)18)14-7-5-4-6-8-14/h9-11,14H,3-8,12H2,1-2H3/q+1/b18-9-. The lowest BCUT2D eigenvalue weighted by Gasteiger charge is -2.22. The van der Waals surface area contributed by atoms with Crippen molar-refractivity contribution in [1.82, 2.24) is 0 Å². The molecule has 102 valence electrons. The van der Waals surface area contributed by atoms with Crippen LogP contribution in [-0.2, 0) is 0 Å². The third kappa shape index (κ3) is 2.41. The minimum absolute atomic E-state index is 0.687. The largest absolute Gasteiger partial charge is 0.429 e. The fraction of sp³-hybridized carbons (Fsp3) is 0.588. The SMILES string of the molecule is CC/C=[N+]1/COc2c(C3CCCCC3)cc(C)cc21. The van der Waals surface area contributed by atoms with Crippen LogP contribution in [0.15, 0.2) is 12.1 Å². The summed E-state index contributed by atoms with van der Waals surface area (Å²) in [5, 5.41) is 0. The van der Waals surface area contributed by atoms with Crippen molar-refractivity contribution >= 4 is 11.9 Å². The van der Waals surface area contributed by atoms with Crippen LogP contribution in [0.1, 0.15) is 62.5 Å². The maximum atomic E-state index is 6.00. The van der Waals surface area contributed by atoms with Gasteiger partial charge < -0.3 is 4.74 Å². The molecule has 0 aromatic heterocycles. The Kier molecular flexibility index (Phi) is 3.58. The van der Waals surface area contributed by atoms with Crippen LogP contribution < -0.4 is 4.74 Å². The first-order chi connectivity index (χ1) is 9.29. The quantitative estimate of drug-likeness (QED) is 0.710. The van der Waals surface area contributed by atoms with Crippen molar-refractivity contribution in [3.63, 3.8) is 0 Å². The van der Waals surface area contributed by atoms with E-state index in [1.165, 1.54) is 48.9 Å². The Morgan fingerprint density at radius 1 is 1.26 bits per heavy atom. The molecule has 1 heterocycles. The minimum Gasteiger partial charge on any atom is -0.429 e. The Hall–Kier alpha value is -1.31. The maximum absolute atomic E-state index is 6.00. The van der Waals surface area contributed by atoms with Crippen LogP contribution >= 0.6 is 0 Å². The van der Waals surface area contributed by atoms with E-state index in [9.17, 15) is 0 Å². The molecule has 0 bridgehead atoms. The fourth-order valence-corrected chi connectivity index (χ4v) is 3.44. The first-order valence-electron chi connectivity index (χ1n) is 7.67. The summed E-state index contributed by atoms with van der Waals surface area (Å²) in [6, 6.07) is 4.62. The number of benzene rings is 1. The Labute approximate surface area is 116 Å². The number of hydrogen-bond acceptors (Lipinski definition) is 1. The second kappa shape index (κ2) is 5.36. The van der Waals surface area contributed by atoms with E-state index < -0.39 is 0 Å². The molecule has 19 heavy (non-hydrogen) atoms. The molecule has 1 aromatic carbocycles. The Bertz CT molecular complexity index is 498. The maximum Gasteiger partial charge on any atom is 0.292 e. The monoisotopic (exact) mass is 258 g/mol. The molecule has 0 atom stereocenters. The topological polar surface area (TPSA) is 12.2 Å². The Morgan fingerprint density at radius 3 is 2.79 bits per heavy atom. The molecule has 1 aliphatic heterocycles. The minimum atomic E-state index is 0.687. The highest BCUT2D eigenvalue weighted by Crippen LogP contribution is 2.44. The molecule has 1 fully saturated rings. The molecule has 2 aliphatic rings. The molecule has 0 amide bonds. The van der Waals surface area contributed by atoms with E-state index in [1.54, 1.807) is 0 Å². The lowest BCUT2D eigenvalue weighted by Crippen LogP contribution is -2.06. The average molecular weight is 258 g/mol. The smallest absolute Gasteiger partial charge is 0.292 e. The zero-order valence-electron chi connectivity index (χ0n) is 12.1. The second-order valence-electron chi connectivity index (χ2n) is 5.87. The molecule has 1 saturated carbocycles. The Morgan fingerprint density at radius 2 is 2.05 bits per heavy atom. The van der Waals surface area contributed by atoms with Gasteiger partial charge in [0.15, 0.2) is 0 Å². The highest BCUT2D eigenvalue weighted by molar-refractivity contribution is 5.61. The van der Waals surface area contributed by atoms with Gasteiger partial charge in [0, 0.05) is 18.1 Å². The van der Waals surface area contributed by atoms with Crippen LogP contribution in [0.3, 0.4) is 0 Å². The summed E-state index contributed by atoms with van der Waals surface area (Å²) in [5.41, 5.74) is 4.10. The summed E-state index contributed by atoms with van der Waals surface area (Å²) in [6.45, 7) is 5.07. The number of nitrogens with zero attached hydrogens (tertiary/aromatic N) is 1. The first kappa shape index (κ1) is 12.7. The van der Waals surface area contributed by atoms with E-state index in [1.807, 2.05) is 0 Å². The average Bonchev–Trinajstić information content (AvgIpc) is 2.83. The van der Waals surface area contributed by atoms with Crippen LogP contribution in [0.2, 0.25) is 0 Å². The number of fused-ring (bicyclic) bond motifs is 1. The summed E-state index contributed by atoms with van der Waals surface area (Å²) in [7, 11) is 0. The highest BCUT2D eigenvalue weighted by atomic mass is 16.5. The van der Waals surface area contributed by atoms with Gasteiger partial charge in [0.2, 0.25) is 5.75 Å². The van der Waals surface area contributed by atoms with Gasteiger partial charge in [0.1, 0.15) is 6.21 Å². The van der Waals surface area contributed by atoms with Gasteiger partial charge in [-0.05, 0) is 31.2 Å². The molecule has 0 N–H and O–H groups in total. The lowest BCUT2D eigenvalue weighted by molar-refractivity contribution is -0.454. The van der Waals surface area contributed by atoms with E-state index in [4.69, 9.17) is 4.74 Å². The molecule has 2 nitrogen and oxygen atoms in total. The molecule has 1 aliphatic carbocycles. The molecule has 2 heteroatoms. The predicted octanol–water partition coefficient (Wildman–Crippen LogP) is 4.52. The third-order valence-corrected chi connectivity index (χ3v) is 4.35. The van der Waals surface area contributed by atoms with Crippen LogP contribution in [0.4, 0.5) is 5.69 Å². The molecule has 1 aromatic rings. The summed E-state index contributed by atoms with van der Waals surface area (Å²) in [4.78, 5) is 0. The van der Waals surface area contributed by atoms with Gasteiger partial charge in [-0.25, -0.2) is 0 Å². The predicted molar refractivity (Wildman–Crippen MR) is 78.8 cm³/mol. The third-order valence-electron chi connectivity index (χ3n) is 4.35. The molecular formula is C17H24NO+. The van der Waals surface area contributed by atoms with Crippen LogP contribution in [0.5, 0.6) is 5.75 Å². The van der Waals surface area contributed by atoms with Crippen molar-refractivity contribution in [2.24, 2.45) is 0 Å². The molecular weight excluding hydrogens is 234 g/mol. The van der Waals surface area contributed by atoms with Crippen molar-refractivity contribution in [3.05, 3.63) is 23.3 Å². The van der Waals surface area contributed by atoms with Crippen LogP contribution in [0, 0.1) is 6.92 Å². The number of ether oxygens (including phenoxy) is 1. The zero-order chi connectivity index (χ0) is 13.2. The first-order valence-corrected chi connectivity index (χ1v) is 7.67. The van der Waals surface area contributed by atoms with Crippen molar-refractivity contribution in [2.75, 3.05) is 6.73 Å². The molecule has 0 spiro atoms. The summed E-state index contributed by atoms with van der Waals surface area (Å²) in [6.07, 6.45) is 10.1. The van der Waals surface area contributed by atoms with Crippen molar-refractivity contribution in [3.8, 4) is 5.75 Å². The summed E-state index contributed by atoms with van der Waals surface area (Å²) < 4.78 is 8.26. The normalized spacial score (nSPS) is 21.5. The van der Waals surface area contributed by atoms with Gasteiger partial charge in [-0.2, -0.15) is 4.58 Å². The number of hydrogen-bond donors (Lipinski definition) is 0. The lowest BCUT2D eigenvalue weighted by atomic mass is 9.83. The van der Waals surface area contributed by atoms with Crippen LogP contribution in [-0.4, -0.2) is 17.5 Å². The molecule has 0 saturated heterocycles. The number of aryl methyl sites for hydroxylation is 1. The Balaban J connectivity index is 2.02. The van der Waals surface area contributed by atoms with Crippen molar-refractivity contribution in [2.45, 2.75) is 58.3 Å². The molecule has 0 unspecified atom stereocenters.